The van der Waals surface area contributed by atoms with E-state index in [0.29, 0.717) is 39.0 Å². The van der Waals surface area contributed by atoms with Gasteiger partial charge >= 0.3 is 6.09 Å². The number of hydrogen-bond acceptors (Lipinski definition) is 5. The van der Waals surface area contributed by atoms with Gasteiger partial charge < -0.3 is 20.1 Å². The lowest BCUT2D eigenvalue weighted by atomic mass is 9.84. The number of hydrogen-bond donors (Lipinski definition) is 2. The molecule has 1 heterocycles. The summed E-state index contributed by atoms with van der Waals surface area (Å²) in [6.07, 6.45) is 4.37. The Bertz CT molecular complexity index is 664. The maximum absolute atomic E-state index is 11.7. The van der Waals surface area contributed by atoms with Crippen molar-refractivity contribution in [1.82, 2.24) is 10.6 Å². The highest BCUT2D eigenvalue weighted by molar-refractivity contribution is 6.20. The van der Waals surface area contributed by atoms with E-state index in [-0.39, 0.29) is 18.3 Å². The lowest BCUT2D eigenvalue weighted by Crippen LogP contribution is -2.34. The molecule has 1 aromatic carbocycles. The Morgan fingerprint density at radius 1 is 1.19 bits per heavy atom. The second kappa shape index (κ2) is 11.8. The fourth-order valence-electron chi connectivity index (χ4n) is 2.34. The van der Waals surface area contributed by atoms with Crippen molar-refractivity contribution in [3.63, 3.8) is 0 Å². The molecule has 1 aliphatic rings. The zero-order valence-electron chi connectivity index (χ0n) is 15.2. The lowest BCUT2D eigenvalue weighted by Gasteiger charge is -2.15. The number of nitrogens with zero attached hydrogens (tertiary/aromatic N) is 1. The third-order valence-corrected chi connectivity index (χ3v) is 3.70. The summed E-state index contributed by atoms with van der Waals surface area (Å²) in [5, 5.41) is 5.32. The molecule has 0 spiro atoms. The van der Waals surface area contributed by atoms with Gasteiger partial charge in [-0.1, -0.05) is 30.3 Å². The van der Waals surface area contributed by atoms with Crippen molar-refractivity contribution in [2.75, 3.05) is 19.7 Å². The van der Waals surface area contributed by atoms with Crippen LogP contribution in [0.4, 0.5) is 4.79 Å². The highest BCUT2D eigenvalue weighted by Gasteiger charge is 2.09. The van der Waals surface area contributed by atoms with E-state index in [1.165, 1.54) is 0 Å². The minimum Gasteiger partial charge on any atom is -0.496 e. The molecule has 8 heteroatoms. The first-order chi connectivity index (χ1) is 13.1. The number of carbonyl (C=O) groups is 2. The molecular formula is C19H24BN3O4. The van der Waals surface area contributed by atoms with Gasteiger partial charge in [0.15, 0.2) is 0 Å². The molecule has 0 aliphatic carbocycles. The third kappa shape index (κ3) is 8.94. The molecule has 27 heavy (non-hydrogen) atoms. The first-order valence-corrected chi connectivity index (χ1v) is 8.95. The molecule has 2 amide bonds. The maximum atomic E-state index is 11.7. The fourth-order valence-corrected chi connectivity index (χ4v) is 2.34. The summed E-state index contributed by atoms with van der Waals surface area (Å²) in [6.45, 7) is 1.30. The molecule has 2 N–H and O–H groups in total. The molecule has 0 saturated heterocycles. The van der Waals surface area contributed by atoms with Gasteiger partial charge in [0.1, 0.15) is 12.4 Å². The van der Waals surface area contributed by atoms with Gasteiger partial charge in [-0.3, -0.25) is 9.79 Å². The van der Waals surface area contributed by atoms with E-state index < -0.39 is 6.09 Å². The summed E-state index contributed by atoms with van der Waals surface area (Å²) in [5.41, 5.74) is 0.918. The smallest absolute Gasteiger partial charge is 0.407 e. The molecule has 0 bridgehead atoms. The Morgan fingerprint density at radius 2 is 1.96 bits per heavy atom. The lowest BCUT2D eigenvalue weighted by molar-refractivity contribution is -0.121. The number of nitrogens with one attached hydrogen (secondary N) is 2. The second-order valence-corrected chi connectivity index (χ2v) is 6.05. The van der Waals surface area contributed by atoms with E-state index in [0.717, 1.165) is 11.3 Å². The van der Waals surface area contributed by atoms with Crippen LogP contribution in [0, 0.1) is 0 Å². The Labute approximate surface area is 160 Å². The molecule has 1 aliphatic heterocycles. The predicted molar refractivity (Wildman–Crippen MR) is 104 cm³/mol. The minimum atomic E-state index is -0.511. The first kappa shape index (κ1) is 20.5. The summed E-state index contributed by atoms with van der Waals surface area (Å²) in [6, 6.07) is 9.42. The summed E-state index contributed by atoms with van der Waals surface area (Å²) in [5.74, 6) is 0.536. The normalized spacial score (nSPS) is 15.6. The standard InChI is InChI=1S/C19H24BN3O4/c20-16-11-17(13-21-12-16)26-10-4-7-18(24)22-8-9-23-19(25)27-14-15-5-2-1-3-6-15/h1-3,5-6,12-13,16H,4,7-11,14H2,(H,22,24)(H,23,25). The molecule has 0 fully saturated rings. The second-order valence-electron chi connectivity index (χ2n) is 6.05. The van der Waals surface area contributed by atoms with Crippen molar-refractivity contribution in [3.8, 4) is 0 Å². The van der Waals surface area contributed by atoms with Crippen LogP contribution in [0.1, 0.15) is 24.8 Å². The van der Waals surface area contributed by atoms with Crippen LogP contribution in [-0.2, 0) is 20.9 Å². The Kier molecular flexibility index (Phi) is 8.96. The molecule has 1 unspecified atom stereocenters. The van der Waals surface area contributed by atoms with Crippen molar-refractivity contribution in [2.45, 2.75) is 31.7 Å². The van der Waals surface area contributed by atoms with Crippen LogP contribution in [-0.4, -0.2) is 45.8 Å². The number of carbonyl (C=O) groups excluding carboxylic acids is 2. The Balaban J connectivity index is 1.45. The molecule has 7 nitrogen and oxygen atoms in total. The van der Waals surface area contributed by atoms with E-state index in [9.17, 15) is 9.59 Å². The van der Waals surface area contributed by atoms with Crippen molar-refractivity contribution in [1.29, 1.82) is 0 Å². The number of amides is 2. The Hall–Kier alpha value is -2.77. The van der Waals surface area contributed by atoms with Gasteiger partial charge in [-0.05, 0) is 24.0 Å². The van der Waals surface area contributed by atoms with Gasteiger partial charge in [0, 0.05) is 25.9 Å². The molecule has 2 rings (SSSR count). The van der Waals surface area contributed by atoms with Crippen LogP contribution in [0.2, 0.25) is 5.82 Å². The monoisotopic (exact) mass is 369 g/mol. The van der Waals surface area contributed by atoms with Gasteiger partial charge in [0.2, 0.25) is 5.91 Å². The number of alkyl carbamates (subject to hydrolysis) is 1. The molecule has 2 radical (unpaired) electrons. The van der Waals surface area contributed by atoms with Gasteiger partial charge in [0.25, 0.3) is 0 Å². The quantitative estimate of drug-likeness (QED) is 0.488. The van der Waals surface area contributed by atoms with E-state index in [1.54, 1.807) is 12.4 Å². The zero-order valence-corrected chi connectivity index (χ0v) is 15.2. The van der Waals surface area contributed by atoms with E-state index in [1.807, 2.05) is 30.3 Å². The van der Waals surface area contributed by atoms with E-state index in [2.05, 4.69) is 15.6 Å². The van der Waals surface area contributed by atoms with Crippen LogP contribution in [0.15, 0.2) is 47.3 Å². The van der Waals surface area contributed by atoms with Crippen LogP contribution in [0.5, 0.6) is 0 Å². The number of rotatable bonds is 10. The minimum absolute atomic E-state index is 0.0922. The highest BCUT2D eigenvalue weighted by Crippen LogP contribution is 2.17. The number of aliphatic imine (C=N–C) groups is 1. The summed E-state index contributed by atoms with van der Waals surface area (Å²) in [7, 11) is 5.74. The molecule has 142 valence electrons. The fraction of sp³-hybridized carbons (Fsp3) is 0.421. The summed E-state index contributed by atoms with van der Waals surface area (Å²) >= 11 is 0. The number of allylic oxidation sites excluding steroid dienone is 1. The van der Waals surface area contributed by atoms with Crippen molar-refractivity contribution < 1.29 is 19.1 Å². The van der Waals surface area contributed by atoms with Crippen molar-refractivity contribution in [3.05, 3.63) is 47.9 Å². The van der Waals surface area contributed by atoms with Crippen LogP contribution < -0.4 is 10.6 Å². The predicted octanol–water partition coefficient (Wildman–Crippen LogP) is 2.10. The molecule has 1 atom stereocenters. The summed E-state index contributed by atoms with van der Waals surface area (Å²) in [4.78, 5) is 27.3. The van der Waals surface area contributed by atoms with Crippen LogP contribution in [0.3, 0.4) is 0 Å². The number of benzene rings is 1. The van der Waals surface area contributed by atoms with E-state index in [4.69, 9.17) is 17.3 Å². The van der Waals surface area contributed by atoms with Gasteiger partial charge in [-0.2, -0.15) is 0 Å². The largest absolute Gasteiger partial charge is 0.496 e. The summed E-state index contributed by atoms with van der Waals surface area (Å²) < 4.78 is 10.6. The average molecular weight is 369 g/mol. The SMILES string of the molecule is [B]C1C=NC=C(OCCCC(=O)NCCNC(=O)OCc2ccccc2)C1. The van der Waals surface area contributed by atoms with E-state index >= 15 is 0 Å². The molecule has 0 aromatic heterocycles. The Morgan fingerprint density at radius 3 is 2.74 bits per heavy atom. The highest BCUT2D eigenvalue weighted by atomic mass is 16.5. The van der Waals surface area contributed by atoms with Crippen molar-refractivity contribution in [2.24, 2.45) is 4.99 Å². The third-order valence-electron chi connectivity index (χ3n) is 3.70. The van der Waals surface area contributed by atoms with Crippen molar-refractivity contribution >= 4 is 26.1 Å². The number of ether oxygens (including phenoxy) is 2. The van der Waals surface area contributed by atoms with Gasteiger partial charge in [-0.15, -0.1) is 0 Å². The van der Waals surface area contributed by atoms with Crippen LogP contribution in [0.25, 0.3) is 0 Å². The molecular weight excluding hydrogens is 345 g/mol. The van der Waals surface area contributed by atoms with Crippen LogP contribution >= 0.6 is 0 Å². The zero-order chi connectivity index (χ0) is 19.3. The molecule has 0 saturated carbocycles. The van der Waals surface area contributed by atoms with Gasteiger partial charge in [0.05, 0.1) is 20.7 Å². The first-order valence-electron chi connectivity index (χ1n) is 8.95. The molecule has 1 aromatic rings. The maximum Gasteiger partial charge on any atom is 0.407 e. The topological polar surface area (TPSA) is 89.0 Å². The van der Waals surface area contributed by atoms with Gasteiger partial charge in [-0.25, -0.2) is 4.79 Å². The average Bonchev–Trinajstić information content (AvgIpc) is 2.68.